The lowest BCUT2D eigenvalue weighted by atomic mass is 9.94. The molecule has 0 N–H and O–H groups in total. The molecule has 1 aliphatic rings. The molecular formula is C19H26N2O4. The van der Waals surface area contributed by atoms with Crippen LogP contribution in [-0.4, -0.2) is 60.2 Å². The summed E-state index contributed by atoms with van der Waals surface area (Å²) in [6.07, 6.45) is 0. The average Bonchev–Trinajstić information content (AvgIpc) is 2.58. The predicted molar refractivity (Wildman–Crippen MR) is 94.6 cm³/mol. The monoisotopic (exact) mass is 346 g/mol. The second kappa shape index (κ2) is 7.68. The van der Waals surface area contributed by atoms with Crippen LogP contribution in [0.15, 0.2) is 24.3 Å². The van der Waals surface area contributed by atoms with E-state index in [9.17, 15) is 14.4 Å². The van der Waals surface area contributed by atoms with Crippen molar-refractivity contribution < 1.29 is 19.1 Å². The Kier molecular flexibility index (Phi) is 5.82. The molecule has 1 heterocycles. The fourth-order valence-corrected chi connectivity index (χ4v) is 2.67. The van der Waals surface area contributed by atoms with Gasteiger partial charge in [0.2, 0.25) is 5.91 Å². The van der Waals surface area contributed by atoms with Crippen molar-refractivity contribution in [2.24, 2.45) is 5.41 Å². The minimum Gasteiger partial charge on any atom is -0.484 e. The standard InChI is InChI=1S/C19H26N2O4/c1-14(22)15-6-5-7-16(12-15)25-13-17(23)20-8-10-21(11-9-20)18(24)19(2,3)4/h5-7,12H,8-11,13H2,1-4H3. The number of rotatable bonds is 4. The number of piperazine rings is 1. The first-order chi connectivity index (χ1) is 11.7. The summed E-state index contributed by atoms with van der Waals surface area (Å²) < 4.78 is 5.52. The van der Waals surface area contributed by atoms with Gasteiger partial charge in [-0.05, 0) is 19.1 Å². The number of nitrogens with zero attached hydrogens (tertiary/aromatic N) is 2. The molecule has 0 aliphatic carbocycles. The molecule has 25 heavy (non-hydrogen) atoms. The minimum absolute atomic E-state index is 0.0450. The highest BCUT2D eigenvalue weighted by atomic mass is 16.5. The third-order valence-electron chi connectivity index (χ3n) is 4.16. The van der Waals surface area contributed by atoms with E-state index in [4.69, 9.17) is 4.74 Å². The summed E-state index contributed by atoms with van der Waals surface area (Å²) in [5, 5.41) is 0. The Hall–Kier alpha value is -2.37. The van der Waals surface area contributed by atoms with Crippen LogP contribution in [0.25, 0.3) is 0 Å². The second-order valence-corrected chi connectivity index (χ2v) is 7.30. The molecule has 0 radical (unpaired) electrons. The predicted octanol–water partition coefficient (Wildman–Crippen LogP) is 1.98. The van der Waals surface area contributed by atoms with Gasteiger partial charge in [0.05, 0.1) is 0 Å². The SMILES string of the molecule is CC(=O)c1cccc(OCC(=O)N2CCN(C(=O)C(C)(C)C)CC2)c1. The Bertz CT molecular complexity index is 656. The van der Waals surface area contributed by atoms with Gasteiger partial charge in [0.15, 0.2) is 12.4 Å². The van der Waals surface area contributed by atoms with Crippen molar-refractivity contribution in [3.05, 3.63) is 29.8 Å². The van der Waals surface area contributed by atoms with Gasteiger partial charge in [0.25, 0.3) is 5.91 Å². The van der Waals surface area contributed by atoms with Crippen molar-refractivity contribution in [3.63, 3.8) is 0 Å². The van der Waals surface area contributed by atoms with Crippen LogP contribution in [0.4, 0.5) is 0 Å². The fraction of sp³-hybridized carbons (Fsp3) is 0.526. The van der Waals surface area contributed by atoms with Crippen molar-refractivity contribution in [1.29, 1.82) is 0 Å². The molecule has 2 rings (SSSR count). The summed E-state index contributed by atoms with van der Waals surface area (Å²) in [5.41, 5.74) is 0.149. The lowest BCUT2D eigenvalue weighted by molar-refractivity contribution is -0.145. The Morgan fingerprint density at radius 3 is 2.20 bits per heavy atom. The number of carbonyl (C=O) groups excluding carboxylic acids is 3. The van der Waals surface area contributed by atoms with Crippen LogP contribution in [0.5, 0.6) is 5.75 Å². The topological polar surface area (TPSA) is 66.9 Å². The van der Waals surface area contributed by atoms with E-state index in [2.05, 4.69) is 0 Å². The summed E-state index contributed by atoms with van der Waals surface area (Å²) >= 11 is 0. The first kappa shape index (κ1) is 19.0. The van der Waals surface area contributed by atoms with Crippen LogP contribution >= 0.6 is 0 Å². The Balaban J connectivity index is 1.84. The number of ether oxygens (including phenoxy) is 1. The van der Waals surface area contributed by atoms with Gasteiger partial charge in [-0.15, -0.1) is 0 Å². The third kappa shape index (κ3) is 5.05. The zero-order chi connectivity index (χ0) is 18.6. The van der Waals surface area contributed by atoms with Crippen LogP contribution < -0.4 is 4.74 Å². The van der Waals surface area contributed by atoms with E-state index in [-0.39, 0.29) is 24.2 Å². The van der Waals surface area contributed by atoms with Gasteiger partial charge in [-0.2, -0.15) is 0 Å². The van der Waals surface area contributed by atoms with Gasteiger partial charge in [0, 0.05) is 37.2 Å². The third-order valence-corrected chi connectivity index (χ3v) is 4.16. The summed E-state index contributed by atoms with van der Waals surface area (Å²) in [7, 11) is 0. The summed E-state index contributed by atoms with van der Waals surface area (Å²) in [5.74, 6) is 0.451. The molecule has 2 amide bonds. The number of ketones is 1. The van der Waals surface area contributed by atoms with Crippen molar-refractivity contribution in [3.8, 4) is 5.75 Å². The molecule has 1 fully saturated rings. The maximum atomic E-state index is 12.3. The van der Waals surface area contributed by atoms with Gasteiger partial charge in [-0.3, -0.25) is 14.4 Å². The summed E-state index contributed by atoms with van der Waals surface area (Å²) in [4.78, 5) is 39.5. The first-order valence-electron chi connectivity index (χ1n) is 8.49. The molecule has 0 atom stereocenters. The van der Waals surface area contributed by atoms with E-state index in [1.165, 1.54) is 6.92 Å². The molecule has 1 saturated heterocycles. The molecule has 6 heteroatoms. The van der Waals surface area contributed by atoms with E-state index in [1.54, 1.807) is 34.1 Å². The van der Waals surface area contributed by atoms with Crippen LogP contribution in [0, 0.1) is 5.41 Å². The number of amides is 2. The van der Waals surface area contributed by atoms with E-state index < -0.39 is 5.41 Å². The van der Waals surface area contributed by atoms with Crippen LogP contribution in [-0.2, 0) is 9.59 Å². The van der Waals surface area contributed by atoms with Crippen molar-refractivity contribution in [1.82, 2.24) is 9.80 Å². The number of Topliss-reactive ketones (excluding diaryl/α,β-unsaturated/α-hetero) is 1. The van der Waals surface area contributed by atoms with Crippen molar-refractivity contribution >= 4 is 17.6 Å². The molecule has 1 aliphatic heterocycles. The molecule has 0 unspecified atom stereocenters. The highest BCUT2D eigenvalue weighted by molar-refractivity contribution is 5.94. The zero-order valence-corrected chi connectivity index (χ0v) is 15.4. The lowest BCUT2D eigenvalue weighted by Crippen LogP contribution is -2.53. The largest absolute Gasteiger partial charge is 0.484 e. The molecule has 1 aromatic carbocycles. The van der Waals surface area contributed by atoms with Gasteiger partial charge in [0.1, 0.15) is 5.75 Å². The van der Waals surface area contributed by atoms with Crippen LogP contribution in [0.1, 0.15) is 38.1 Å². The Morgan fingerprint density at radius 2 is 1.64 bits per heavy atom. The number of hydrogen-bond donors (Lipinski definition) is 0. The maximum Gasteiger partial charge on any atom is 0.260 e. The second-order valence-electron chi connectivity index (χ2n) is 7.30. The maximum absolute atomic E-state index is 12.3. The highest BCUT2D eigenvalue weighted by Gasteiger charge is 2.30. The molecule has 1 aromatic rings. The number of benzene rings is 1. The normalized spacial score (nSPS) is 15.0. The highest BCUT2D eigenvalue weighted by Crippen LogP contribution is 2.19. The Labute approximate surface area is 148 Å². The summed E-state index contributed by atoms with van der Waals surface area (Å²) in [6, 6.07) is 6.80. The zero-order valence-electron chi connectivity index (χ0n) is 15.4. The van der Waals surface area contributed by atoms with E-state index in [0.717, 1.165) is 0 Å². The van der Waals surface area contributed by atoms with Crippen LogP contribution in [0.2, 0.25) is 0 Å². The fourth-order valence-electron chi connectivity index (χ4n) is 2.67. The molecular weight excluding hydrogens is 320 g/mol. The molecule has 0 saturated carbocycles. The van der Waals surface area contributed by atoms with E-state index in [0.29, 0.717) is 37.5 Å². The number of carbonyl (C=O) groups is 3. The van der Waals surface area contributed by atoms with Gasteiger partial charge in [-0.1, -0.05) is 32.9 Å². The smallest absolute Gasteiger partial charge is 0.260 e. The van der Waals surface area contributed by atoms with E-state index >= 15 is 0 Å². The quantitative estimate of drug-likeness (QED) is 0.782. The van der Waals surface area contributed by atoms with Gasteiger partial charge >= 0.3 is 0 Å². The van der Waals surface area contributed by atoms with Gasteiger partial charge < -0.3 is 14.5 Å². The average molecular weight is 346 g/mol. The van der Waals surface area contributed by atoms with Gasteiger partial charge in [-0.25, -0.2) is 0 Å². The van der Waals surface area contributed by atoms with E-state index in [1.807, 2.05) is 20.8 Å². The molecule has 0 spiro atoms. The lowest BCUT2D eigenvalue weighted by Gasteiger charge is -2.37. The first-order valence-corrected chi connectivity index (χ1v) is 8.49. The Morgan fingerprint density at radius 1 is 1.04 bits per heavy atom. The number of hydrogen-bond acceptors (Lipinski definition) is 4. The summed E-state index contributed by atoms with van der Waals surface area (Å²) in [6.45, 7) is 9.22. The molecule has 136 valence electrons. The molecule has 0 bridgehead atoms. The molecule has 0 aromatic heterocycles. The molecule has 6 nitrogen and oxygen atoms in total. The van der Waals surface area contributed by atoms with Crippen molar-refractivity contribution in [2.75, 3.05) is 32.8 Å². The minimum atomic E-state index is -0.406. The van der Waals surface area contributed by atoms with Crippen molar-refractivity contribution in [2.45, 2.75) is 27.7 Å². The van der Waals surface area contributed by atoms with Crippen LogP contribution in [0.3, 0.4) is 0 Å².